The summed E-state index contributed by atoms with van der Waals surface area (Å²) in [6, 6.07) is 75.1. The first kappa shape index (κ1) is 53.7. The van der Waals surface area contributed by atoms with Gasteiger partial charge in [-0.1, -0.05) is 237 Å². The van der Waals surface area contributed by atoms with Crippen LogP contribution in [0.15, 0.2) is 194 Å². The molecule has 0 bridgehead atoms. The zero-order valence-corrected chi connectivity index (χ0v) is 51.9. The highest BCUT2D eigenvalue weighted by Gasteiger charge is 2.41. The molecule has 0 aliphatic carbocycles. The van der Waals surface area contributed by atoms with Gasteiger partial charge in [-0.05, 0) is 170 Å². The second kappa shape index (κ2) is 18.6. The van der Waals surface area contributed by atoms with E-state index in [1.807, 2.05) is 0 Å². The number of fused-ring (bicyclic) bond motifs is 14. The highest BCUT2D eigenvalue weighted by molar-refractivity contribution is 6.99. The van der Waals surface area contributed by atoms with Crippen molar-refractivity contribution in [2.24, 2.45) is 0 Å². The molecule has 84 heavy (non-hydrogen) atoms. The lowest BCUT2D eigenvalue weighted by atomic mass is 9.34. The van der Waals surface area contributed by atoms with E-state index in [4.69, 9.17) is 4.74 Å². The maximum Gasteiger partial charge on any atom is 0.256 e. The van der Waals surface area contributed by atoms with E-state index in [1.165, 1.54) is 115 Å². The molecule has 0 unspecified atom stereocenters. The van der Waals surface area contributed by atoms with Crippen molar-refractivity contribution < 1.29 is 4.74 Å². The molecule has 2 aliphatic rings. The number of benzene rings is 10. The van der Waals surface area contributed by atoms with Gasteiger partial charge in [0.25, 0.3) is 6.71 Å². The molecule has 0 radical (unpaired) electrons. The van der Waals surface area contributed by atoms with Crippen molar-refractivity contribution in [3.8, 4) is 45.1 Å². The Morgan fingerprint density at radius 3 is 1.35 bits per heavy atom. The molecule has 3 nitrogen and oxygen atoms in total. The number of ether oxygens (including phenoxy) is 1. The average molecular weight is 1090 g/mol. The molecule has 4 heterocycles. The third kappa shape index (κ3) is 8.68. The molecule has 0 saturated heterocycles. The van der Waals surface area contributed by atoms with E-state index in [9.17, 15) is 0 Å². The summed E-state index contributed by atoms with van der Waals surface area (Å²) in [5.74, 6) is 1.76. The number of para-hydroxylation sites is 1. The maximum atomic E-state index is 7.74. The van der Waals surface area contributed by atoms with Crippen molar-refractivity contribution in [3.63, 3.8) is 0 Å². The van der Waals surface area contributed by atoms with E-state index < -0.39 is 0 Å². The maximum absolute atomic E-state index is 7.74. The van der Waals surface area contributed by atoms with Gasteiger partial charge in [0.1, 0.15) is 11.5 Å². The van der Waals surface area contributed by atoms with E-state index >= 15 is 0 Å². The molecule has 10 aromatic carbocycles. The Kier molecular flexibility index (Phi) is 11.9. The Labute approximate surface area is 497 Å². The van der Waals surface area contributed by atoms with Crippen molar-refractivity contribution in [2.45, 2.75) is 131 Å². The van der Waals surface area contributed by atoms with Crippen LogP contribution in [0.1, 0.15) is 132 Å². The third-order valence-corrected chi connectivity index (χ3v) is 18.5. The Bertz CT molecular complexity index is 4730. The topological polar surface area (TPSA) is 19.1 Å². The summed E-state index contributed by atoms with van der Waals surface area (Å²) in [6.45, 7) is 34.7. The lowest BCUT2D eigenvalue weighted by molar-refractivity contribution is 0.487. The fourth-order valence-corrected chi connectivity index (χ4v) is 13.7. The van der Waals surface area contributed by atoms with Crippen molar-refractivity contribution in [2.75, 3.05) is 0 Å². The van der Waals surface area contributed by atoms with E-state index in [1.54, 1.807) is 0 Å². The molecule has 0 atom stereocenters. The highest BCUT2D eigenvalue weighted by Crippen LogP contribution is 2.45. The van der Waals surface area contributed by atoms with Crippen LogP contribution >= 0.6 is 0 Å². The Morgan fingerprint density at radius 1 is 0.298 bits per heavy atom. The van der Waals surface area contributed by atoms with Crippen LogP contribution in [0.5, 0.6) is 11.5 Å². The summed E-state index contributed by atoms with van der Waals surface area (Å²) >= 11 is 0. The van der Waals surface area contributed by atoms with Gasteiger partial charge >= 0.3 is 0 Å². The molecule has 416 valence electrons. The van der Waals surface area contributed by atoms with Gasteiger partial charge in [-0.2, -0.15) is 0 Å². The van der Waals surface area contributed by atoms with Gasteiger partial charge in [-0.3, -0.25) is 0 Å². The fourth-order valence-electron chi connectivity index (χ4n) is 13.7. The van der Waals surface area contributed by atoms with Crippen molar-refractivity contribution in [3.05, 3.63) is 222 Å². The molecule has 2 aliphatic heterocycles. The first-order chi connectivity index (χ1) is 39.8. The SMILES string of the molecule is CC(C)(C)c1cccc(-c2cc3c4c(c2)c2ccccc2c2ccccc2c2ccccc2n4-c2cc(-c4cc(C(C)(C)C)cc(C(C)(C)C)c4)cc4c2B3c2ccc(-n3c5ccc(C(C)(C)C)cc5c5cc(C(C)(C)C)ccc53)cc2O4)c1. The van der Waals surface area contributed by atoms with Crippen LogP contribution < -0.4 is 21.1 Å². The molecule has 0 saturated carbocycles. The monoisotopic (exact) mass is 1090 g/mol. The quantitative estimate of drug-likeness (QED) is 0.161. The second-order valence-electron chi connectivity index (χ2n) is 29.5. The summed E-state index contributed by atoms with van der Waals surface area (Å²) in [4.78, 5) is 0. The fraction of sp³-hybridized carbons (Fsp3) is 0.250. The number of rotatable bonds is 3. The normalized spacial score (nSPS) is 13.5. The molecular formula is C80H77BN2O. The third-order valence-electron chi connectivity index (χ3n) is 18.5. The Balaban J connectivity index is 1.15. The van der Waals surface area contributed by atoms with Crippen LogP contribution in [-0.4, -0.2) is 15.8 Å². The smallest absolute Gasteiger partial charge is 0.256 e. The zero-order chi connectivity index (χ0) is 58.7. The van der Waals surface area contributed by atoms with E-state index in [-0.39, 0.29) is 33.8 Å². The predicted molar refractivity (Wildman–Crippen MR) is 363 cm³/mol. The average Bonchev–Trinajstić information content (AvgIpc) is 1.05. The second-order valence-corrected chi connectivity index (χ2v) is 29.5. The molecule has 12 aromatic rings. The molecule has 0 fully saturated rings. The van der Waals surface area contributed by atoms with Gasteiger partial charge in [-0.15, -0.1) is 0 Å². The molecule has 0 spiro atoms. The van der Waals surface area contributed by atoms with Gasteiger partial charge in [0.2, 0.25) is 0 Å². The summed E-state index contributed by atoms with van der Waals surface area (Å²) < 4.78 is 12.8. The molecule has 4 heteroatoms. The summed E-state index contributed by atoms with van der Waals surface area (Å²) in [5.41, 5.74) is 21.6. The standard InChI is InChI=1S/C80H77BN2O/c1-76(2,3)52-24-22-23-48(37-52)50-40-65-61-28-19-17-26-59(61)58-25-16-18-27-60(58)62-29-20-21-30-68(62)83-71-42-51(49-38-55(79(10,11)12)44-56(39-49)80(13,14)15)43-73-74(71)81(67(41-50)75(65)83)66-34-33-57(47-72(66)84-73)82-69-35-31-53(77(4,5)6)45-63(69)64-46-54(78(7,8)9)32-36-70(64)82/h16-47H,1-15H3. The largest absolute Gasteiger partial charge is 0.458 e. The first-order valence-corrected chi connectivity index (χ1v) is 30.4. The van der Waals surface area contributed by atoms with Crippen LogP contribution in [0.3, 0.4) is 0 Å². The molecule has 0 amide bonds. The minimum atomic E-state index is -0.187. The van der Waals surface area contributed by atoms with Crippen molar-refractivity contribution >= 4 is 88.3 Å². The van der Waals surface area contributed by atoms with Gasteiger partial charge in [0, 0.05) is 44.5 Å². The van der Waals surface area contributed by atoms with Crippen LogP contribution in [0.4, 0.5) is 0 Å². The number of aromatic nitrogens is 2. The van der Waals surface area contributed by atoms with Crippen LogP contribution in [0.25, 0.3) is 98.8 Å². The predicted octanol–water partition coefficient (Wildman–Crippen LogP) is 20.1. The van der Waals surface area contributed by atoms with Crippen molar-refractivity contribution in [1.82, 2.24) is 9.13 Å². The molecule has 14 rings (SSSR count). The lowest BCUT2D eigenvalue weighted by Gasteiger charge is -2.35. The van der Waals surface area contributed by atoms with Gasteiger partial charge in [-0.25, -0.2) is 0 Å². The summed E-state index contributed by atoms with van der Waals surface area (Å²) in [7, 11) is 0. The number of hydrogen-bond donors (Lipinski definition) is 0. The first-order valence-electron chi connectivity index (χ1n) is 30.4. The minimum Gasteiger partial charge on any atom is -0.458 e. The summed E-state index contributed by atoms with van der Waals surface area (Å²) in [6.07, 6.45) is 0. The zero-order valence-electron chi connectivity index (χ0n) is 51.9. The number of nitrogens with zero attached hydrogens (tertiary/aromatic N) is 2. The molecule has 2 aromatic heterocycles. The Hall–Kier alpha value is -8.34. The van der Waals surface area contributed by atoms with Gasteiger partial charge in [0.05, 0.1) is 16.6 Å². The molecule has 0 N–H and O–H groups in total. The van der Waals surface area contributed by atoms with E-state index in [0.29, 0.717) is 0 Å². The highest BCUT2D eigenvalue weighted by atomic mass is 16.5. The van der Waals surface area contributed by atoms with Crippen molar-refractivity contribution in [1.29, 1.82) is 0 Å². The number of hydrogen-bond acceptors (Lipinski definition) is 1. The van der Waals surface area contributed by atoms with Crippen LogP contribution in [-0.2, 0) is 27.1 Å². The molecular weight excluding hydrogens is 1020 g/mol. The Morgan fingerprint density at radius 2 is 0.774 bits per heavy atom. The summed E-state index contributed by atoms with van der Waals surface area (Å²) in [5, 5.41) is 9.77. The van der Waals surface area contributed by atoms with Gasteiger partial charge < -0.3 is 13.9 Å². The van der Waals surface area contributed by atoms with Crippen LogP contribution in [0, 0.1) is 0 Å². The lowest BCUT2D eigenvalue weighted by Crippen LogP contribution is -2.58. The van der Waals surface area contributed by atoms with E-state index in [0.717, 1.165) is 39.4 Å². The van der Waals surface area contributed by atoms with Gasteiger partial charge in [0.15, 0.2) is 0 Å². The van der Waals surface area contributed by atoms with E-state index in [2.05, 4.69) is 307 Å². The minimum absolute atomic E-state index is 0.00967. The van der Waals surface area contributed by atoms with Crippen LogP contribution in [0.2, 0.25) is 0 Å².